The molecule has 5 heteroatoms. The van der Waals surface area contributed by atoms with Gasteiger partial charge in [0.05, 0.1) is 11.3 Å². The van der Waals surface area contributed by atoms with Crippen molar-refractivity contribution in [3.05, 3.63) is 16.4 Å². The van der Waals surface area contributed by atoms with Crippen molar-refractivity contribution in [2.75, 3.05) is 19.6 Å². The molecule has 1 aromatic rings. The van der Waals surface area contributed by atoms with Crippen LogP contribution in [0.2, 0.25) is 5.15 Å². The van der Waals surface area contributed by atoms with Gasteiger partial charge in [0.1, 0.15) is 5.15 Å². The van der Waals surface area contributed by atoms with Crippen molar-refractivity contribution >= 4 is 11.6 Å². The molecule has 1 N–H and O–H groups in total. The van der Waals surface area contributed by atoms with Gasteiger partial charge in [0.25, 0.3) is 0 Å². The van der Waals surface area contributed by atoms with Crippen LogP contribution in [-0.2, 0) is 13.5 Å². The van der Waals surface area contributed by atoms with Crippen LogP contribution in [-0.4, -0.2) is 45.0 Å². The molecule has 2 rings (SSSR count). The Morgan fingerprint density at radius 2 is 2.00 bits per heavy atom. The molecule has 1 aliphatic heterocycles. The van der Waals surface area contributed by atoms with Crippen LogP contribution in [0.15, 0.2) is 0 Å². The van der Waals surface area contributed by atoms with E-state index in [1.54, 1.807) is 4.68 Å². The van der Waals surface area contributed by atoms with Gasteiger partial charge in [-0.1, -0.05) is 18.5 Å². The molecule has 1 aliphatic rings. The number of hydrogen-bond donors (Lipinski definition) is 1. The first-order valence-electron chi connectivity index (χ1n) is 7.08. The summed E-state index contributed by atoms with van der Waals surface area (Å²) in [5.74, 6) is 0. The predicted octanol–water partition coefficient (Wildman–Crippen LogP) is 2.16. The lowest BCUT2D eigenvalue weighted by atomic mass is 9.85. The Kier molecular flexibility index (Phi) is 4.54. The van der Waals surface area contributed by atoms with Gasteiger partial charge in [-0.2, -0.15) is 5.10 Å². The van der Waals surface area contributed by atoms with Crippen molar-refractivity contribution in [2.24, 2.45) is 7.05 Å². The van der Waals surface area contributed by atoms with Crippen LogP contribution in [0, 0.1) is 6.92 Å². The Labute approximate surface area is 120 Å². The summed E-state index contributed by atoms with van der Waals surface area (Å²) in [5.41, 5.74) is 1.30. The summed E-state index contributed by atoms with van der Waals surface area (Å²) in [4.78, 5) is 2.42. The number of nitrogens with zero attached hydrogens (tertiary/aromatic N) is 3. The molecule has 2 heterocycles. The molecule has 0 radical (unpaired) electrons. The van der Waals surface area contributed by atoms with Crippen molar-refractivity contribution in [3.8, 4) is 0 Å². The molecule has 0 bridgehead atoms. The van der Waals surface area contributed by atoms with E-state index in [-0.39, 0.29) is 0 Å². The lowest BCUT2D eigenvalue weighted by Gasteiger charge is -2.38. The van der Waals surface area contributed by atoms with Gasteiger partial charge in [-0.15, -0.1) is 0 Å². The monoisotopic (exact) mass is 285 g/mol. The third kappa shape index (κ3) is 3.30. The van der Waals surface area contributed by atoms with Crippen molar-refractivity contribution in [1.82, 2.24) is 14.7 Å². The van der Waals surface area contributed by atoms with E-state index in [0.717, 1.165) is 43.7 Å². The number of piperidine rings is 1. The van der Waals surface area contributed by atoms with Crippen LogP contribution in [0.5, 0.6) is 0 Å². The Morgan fingerprint density at radius 3 is 2.47 bits per heavy atom. The standard InChI is InChI=1S/C14H24ClN3O/c1-4-7-18-8-5-14(19,6-9-18)10-12-11(2)16-17(3)13(12)15/h19H,4-10H2,1-3H3. The maximum atomic E-state index is 10.7. The van der Waals surface area contributed by atoms with Crippen molar-refractivity contribution in [1.29, 1.82) is 0 Å². The van der Waals surface area contributed by atoms with Crippen LogP contribution < -0.4 is 0 Å². The first-order valence-corrected chi connectivity index (χ1v) is 7.45. The van der Waals surface area contributed by atoms with Crippen molar-refractivity contribution < 1.29 is 5.11 Å². The Bertz CT molecular complexity index is 436. The van der Waals surface area contributed by atoms with Crippen LogP contribution in [0.3, 0.4) is 0 Å². The Hall–Kier alpha value is -0.580. The molecule has 108 valence electrons. The maximum Gasteiger partial charge on any atom is 0.130 e. The largest absolute Gasteiger partial charge is 0.389 e. The minimum absolute atomic E-state index is 0.617. The normalized spacial score (nSPS) is 19.8. The third-order valence-corrected chi connectivity index (χ3v) is 4.58. The second kappa shape index (κ2) is 5.81. The molecule has 4 nitrogen and oxygen atoms in total. The molecule has 19 heavy (non-hydrogen) atoms. The predicted molar refractivity (Wildman–Crippen MR) is 77.6 cm³/mol. The molecule has 0 spiro atoms. The highest BCUT2D eigenvalue weighted by molar-refractivity contribution is 6.30. The zero-order valence-electron chi connectivity index (χ0n) is 12.1. The van der Waals surface area contributed by atoms with Gasteiger partial charge in [-0.05, 0) is 32.7 Å². The Balaban J connectivity index is 2.03. The lowest BCUT2D eigenvalue weighted by Crippen LogP contribution is -2.45. The van der Waals surface area contributed by atoms with Gasteiger partial charge in [0.2, 0.25) is 0 Å². The summed E-state index contributed by atoms with van der Waals surface area (Å²) < 4.78 is 1.68. The minimum atomic E-state index is -0.623. The minimum Gasteiger partial charge on any atom is -0.389 e. The summed E-state index contributed by atoms with van der Waals surface area (Å²) in [6, 6.07) is 0. The number of aliphatic hydroxyl groups is 1. The fraction of sp³-hybridized carbons (Fsp3) is 0.786. The highest BCUT2D eigenvalue weighted by atomic mass is 35.5. The average Bonchev–Trinajstić information content (AvgIpc) is 2.60. The van der Waals surface area contributed by atoms with E-state index in [1.165, 1.54) is 6.42 Å². The molecular weight excluding hydrogens is 262 g/mol. The first-order chi connectivity index (χ1) is 8.95. The van der Waals surface area contributed by atoms with Gasteiger partial charge in [-0.25, -0.2) is 0 Å². The molecule has 0 amide bonds. The van der Waals surface area contributed by atoms with Gasteiger partial charge in [-0.3, -0.25) is 4.68 Å². The zero-order valence-corrected chi connectivity index (χ0v) is 12.9. The summed E-state index contributed by atoms with van der Waals surface area (Å²) in [6.07, 6.45) is 3.42. The molecule has 1 aromatic heterocycles. The molecular formula is C14H24ClN3O. The highest BCUT2D eigenvalue weighted by Gasteiger charge is 2.34. The number of hydrogen-bond acceptors (Lipinski definition) is 3. The van der Waals surface area contributed by atoms with Crippen LogP contribution in [0.1, 0.15) is 37.4 Å². The second-order valence-electron chi connectivity index (χ2n) is 5.72. The number of rotatable bonds is 4. The topological polar surface area (TPSA) is 41.3 Å². The molecule has 1 fully saturated rings. The second-order valence-corrected chi connectivity index (χ2v) is 6.08. The van der Waals surface area contributed by atoms with E-state index in [0.29, 0.717) is 11.6 Å². The van der Waals surface area contributed by atoms with Crippen molar-refractivity contribution in [3.63, 3.8) is 0 Å². The van der Waals surface area contributed by atoms with E-state index in [2.05, 4.69) is 16.9 Å². The molecule has 1 saturated heterocycles. The van der Waals surface area contributed by atoms with Gasteiger partial charge < -0.3 is 10.0 Å². The summed E-state index contributed by atoms with van der Waals surface area (Å²) in [5, 5.41) is 15.7. The van der Waals surface area contributed by atoms with E-state index < -0.39 is 5.60 Å². The van der Waals surface area contributed by atoms with E-state index in [4.69, 9.17) is 11.6 Å². The summed E-state index contributed by atoms with van der Waals surface area (Å²) in [7, 11) is 1.84. The van der Waals surface area contributed by atoms with Gasteiger partial charge >= 0.3 is 0 Å². The Morgan fingerprint density at radius 1 is 1.37 bits per heavy atom. The highest BCUT2D eigenvalue weighted by Crippen LogP contribution is 2.30. The van der Waals surface area contributed by atoms with Crippen LogP contribution in [0.25, 0.3) is 0 Å². The number of likely N-dealkylation sites (tertiary alicyclic amines) is 1. The maximum absolute atomic E-state index is 10.7. The van der Waals surface area contributed by atoms with Gasteiger partial charge in [0.15, 0.2) is 0 Å². The molecule has 0 atom stereocenters. The smallest absolute Gasteiger partial charge is 0.130 e. The fourth-order valence-corrected chi connectivity index (χ4v) is 3.13. The number of aryl methyl sites for hydroxylation is 2. The van der Waals surface area contributed by atoms with Crippen molar-refractivity contribution in [2.45, 2.75) is 45.1 Å². The lowest BCUT2D eigenvalue weighted by molar-refractivity contribution is -0.0206. The quantitative estimate of drug-likeness (QED) is 0.922. The SMILES string of the molecule is CCCN1CCC(O)(Cc2c(C)nn(C)c2Cl)CC1. The molecule has 0 aliphatic carbocycles. The zero-order chi connectivity index (χ0) is 14.0. The van der Waals surface area contributed by atoms with Gasteiger partial charge in [0, 0.05) is 32.1 Å². The van der Waals surface area contributed by atoms with E-state index >= 15 is 0 Å². The molecule has 0 saturated carbocycles. The summed E-state index contributed by atoms with van der Waals surface area (Å²) in [6.45, 7) is 7.22. The van der Waals surface area contributed by atoms with E-state index in [9.17, 15) is 5.11 Å². The molecule has 0 aromatic carbocycles. The number of aromatic nitrogens is 2. The first kappa shape index (κ1) is 14.8. The summed E-state index contributed by atoms with van der Waals surface area (Å²) >= 11 is 6.25. The van der Waals surface area contributed by atoms with Crippen LogP contribution in [0.4, 0.5) is 0 Å². The number of halogens is 1. The average molecular weight is 286 g/mol. The van der Waals surface area contributed by atoms with Crippen LogP contribution >= 0.6 is 11.6 Å². The fourth-order valence-electron chi connectivity index (χ4n) is 2.89. The van der Waals surface area contributed by atoms with E-state index in [1.807, 2.05) is 14.0 Å². The third-order valence-electron chi connectivity index (χ3n) is 4.10. The molecule has 0 unspecified atom stereocenters.